The summed E-state index contributed by atoms with van der Waals surface area (Å²) in [5, 5.41) is 13.8. The first-order valence-electron chi connectivity index (χ1n) is 6.44. The molecule has 0 fully saturated rings. The van der Waals surface area contributed by atoms with E-state index in [1.165, 1.54) is 6.07 Å². The van der Waals surface area contributed by atoms with Crippen molar-refractivity contribution in [1.29, 1.82) is 0 Å². The highest BCUT2D eigenvalue weighted by molar-refractivity contribution is 5.89. The number of halogens is 1. The summed E-state index contributed by atoms with van der Waals surface area (Å²) < 4.78 is 13.3. The third-order valence-electron chi connectivity index (χ3n) is 2.95. The standard InChI is InChI=1S/C14H19FN2O3/c1-9-5-6-11(8-12(9)15)17-14(20)16-7-3-4-10(2)13(18)19/h5-6,8,10H,3-4,7H2,1-2H3,(H,18,19)(H2,16,17,20). The summed E-state index contributed by atoms with van der Waals surface area (Å²) in [7, 11) is 0. The van der Waals surface area contributed by atoms with Crippen molar-refractivity contribution in [3.63, 3.8) is 0 Å². The number of carboxylic acid groups (broad SMARTS) is 1. The monoisotopic (exact) mass is 282 g/mol. The quantitative estimate of drug-likeness (QED) is 0.702. The number of urea groups is 1. The third kappa shape index (κ3) is 5.26. The second-order valence-corrected chi connectivity index (χ2v) is 4.73. The highest BCUT2D eigenvalue weighted by Crippen LogP contribution is 2.13. The Morgan fingerprint density at radius 2 is 2.10 bits per heavy atom. The number of hydrogen-bond acceptors (Lipinski definition) is 2. The summed E-state index contributed by atoms with van der Waals surface area (Å²) in [4.78, 5) is 22.1. The molecule has 0 spiro atoms. The number of nitrogens with one attached hydrogen (secondary N) is 2. The van der Waals surface area contributed by atoms with E-state index in [0.717, 1.165) is 0 Å². The van der Waals surface area contributed by atoms with Gasteiger partial charge in [0.25, 0.3) is 0 Å². The van der Waals surface area contributed by atoms with Gasteiger partial charge in [-0.1, -0.05) is 13.0 Å². The molecule has 1 aromatic rings. The molecular weight excluding hydrogens is 263 g/mol. The van der Waals surface area contributed by atoms with Crippen LogP contribution in [0.1, 0.15) is 25.3 Å². The Morgan fingerprint density at radius 1 is 1.40 bits per heavy atom. The fourth-order valence-electron chi connectivity index (χ4n) is 1.58. The van der Waals surface area contributed by atoms with E-state index in [1.54, 1.807) is 26.0 Å². The summed E-state index contributed by atoms with van der Waals surface area (Å²) in [5.41, 5.74) is 0.892. The topological polar surface area (TPSA) is 78.4 Å². The maximum absolute atomic E-state index is 13.3. The molecule has 0 saturated heterocycles. The molecule has 0 saturated carbocycles. The zero-order valence-corrected chi connectivity index (χ0v) is 11.6. The molecule has 1 rings (SSSR count). The van der Waals surface area contributed by atoms with E-state index in [4.69, 9.17) is 5.11 Å². The molecule has 0 aliphatic heterocycles. The maximum Gasteiger partial charge on any atom is 0.319 e. The highest BCUT2D eigenvalue weighted by atomic mass is 19.1. The van der Waals surface area contributed by atoms with E-state index in [2.05, 4.69) is 10.6 Å². The number of amides is 2. The molecule has 20 heavy (non-hydrogen) atoms. The Labute approximate surface area is 117 Å². The van der Waals surface area contributed by atoms with E-state index in [0.29, 0.717) is 30.6 Å². The summed E-state index contributed by atoms with van der Waals surface area (Å²) in [6.45, 7) is 3.64. The van der Waals surface area contributed by atoms with Crippen LogP contribution >= 0.6 is 0 Å². The summed E-state index contributed by atoms with van der Waals surface area (Å²) >= 11 is 0. The van der Waals surface area contributed by atoms with Gasteiger partial charge in [-0.15, -0.1) is 0 Å². The Morgan fingerprint density at radius 3 is 2.70 bits per heavy atom. The number of anilines is 1. The molecule has 1 aromatic carbocycles. The molecule has 0 heterocycles. The smallest absolute Gasteiger partial charge is 0.319 e. The molecule has 3 N–H and O–H groups in total. The first-order chi connectivity index (χ1) is 9.40. The van der Waals surface area contributed by atoms with Crippen molar-refractivity contribution in [1.82, 2.24) is 5.32 Å². The number of carbonyl (C=O) groups excluding carboxylic acids is 1. The van der Waals surface area contributed by atoms with Crippen LogP contribution in [-0.2, 0) is 4.79 Å². The van der Waals surface area contributed by atoms with Gasteiger partial charge in [-0.05, 0) is 37.5 Å². The van der Waals surface area contributed by atoms with Crippen molar-refractivity contribution in [3.05, 3.63) is 29.6 Å². The SMILES string of the molecule is Cc1ccc(NC(=O)NCCCC(C)C(=O)O)cc1F. The average molecular weight is 282 g/mol. The molecule has 0 bridgehead atoms. The maximum atomic E-state index is 13.3. The fraction of sp³-hybridized carbons (Fsp3) is 0.429. The van der Waals surface area contributed by atoms with Crippen molar-refractivity contribution in [2.45, 2.75) is 26.7 Å². The molecular formula is C14H19FN2O3. The minimum absolute atomic E-state index is 0.373. The van der Waals surface area contributed by atoms with Gasteiger partial charge in [0.2, 0.25) is 0 Å². The van der Waals surface area contributed by atoms with Gasteiger partial charge in [0, 0.05) is 12.2 Å². The summed E-state index contributed by atoms with van der Waals surface area (Å²) in [6.07, 6.45) is 1.07. The molecule has 0 aliphatic carbocycles. The zero-order valence-electron chi connectivity index (χ0n) is 11.6. The van der Waals surface area contributed by atoms with Crippen molar-refractivity contribution < 1.29 is 19.1 Å². The summed E-state index contributed by atoms with van der Waals surface area (Å²) in [5.74, 6) is -1.64. The van der Waals surface area contributed by atoms with Gasteiger partial charge in [0.15, 0.2) is 0 Å². The first-order valence-corrected chi connectivity index (χ1v) is 6.44. The number of carbonyl (C=O) groups is 2. The number of carboxylic acids is 1. The molecule has 0 aliphatic rings. The predicted octanol–water partition coefficient (Wildman–Crippen LogP) is 2.76. The molecule has 5 nitrogen and oxygen atoms in total. The number of benzene rings is 1. The van der Waals surface area contributed by atoms with Crippen LogP contribution in [0.4, 0.5) is 14.9 Å². The number of aryl methyl sites for hydroxylation is 1. The van der Waals surface area contributed by atoms with Gasteiger partial charge in [0.1, 0.15) is 5.82 Å². The Bertz CT molecular complexity index is 491. The van der Waals surface area contributed by atoms with Crippen LogP contribution < -0.4 is 10.6 Å². The number of rotatable bonds is 6. The van der Waals surface area contributed by atoms with Crippen molar-refractivity contribution >= 4 is 17.7 Å². The molecule has 2 amide bonds. The van der Waals surface area contributed by atoms with Gasteiger partial charge in [-0.25, -0.2) is 9.18 Å². The van der Waals surface area contributed by atoms with Gasteiger partial charge >= 0.3 is 12.0 Å². The lowest BCUT2D eigenvalue weighted by molar-refractivity contribution is -0.141. The lowest BCUT2D eigenvalue weighted by Crippen LogP contribution is -2.30. The van der Waals surface area contributed by atoms with Crippen molar-refractivity contribution in [2.75, 3.05) is 11.9 Å². The highest BCUT2D eigenvalue weighted by Gasteiger charge is 2.10. The number of aliphatic carboxylic acids is 1. The van der Waals surface area contributed by atoms with Crippen LogP contribution in [0, 0.1) is 18.7 Å². The van der Waals surface area contributed by atoms with E-state index < -0.39 is 17.9 Å². The average Bonchev–Trinajstić information content (AvgIpc) is 2.38. The second-order valence-electron chi connectivity index (χ2n) is 4.73. The van der Waals surface area contributed by atoms with E-state index in [9.17, 15) is 14.0 Å². The largest absolute Gasteiger partial charge is 0.481 e. The molecule has 1 atom stereocenters. The predicted molar refractivity (Wildman–Crippen MR) is 74.2 cm³/mol. The number of hydrogen-bond donors (Lipinski definition) is 3. The van der Waals surface area contributed by atoms with Crippen LogP contribution in [0.5, 0.6) is 0 Å². The molecule has 110 valence electrons. The molecule has 6 heteroatoms. The molecule has 1 unspecified atom stereocenters. The first kappa shape index (κ1) is 15.9. The van der Waals surface area contributed by atoms with Crippen LogP contribution in [0.2, 0.25) is 0 Å². The third-order valence-corrected chi connectivity index (χ3v) is 2.95. The van der Waals surface area contributed by atoms with Gasteiger partial charge in [-0.3, -0.25) is 4.79 Å². The van der Waals surface area contributed by atoms with Gasteiger partial charge in [-0.2, -0.15) is 0 Å². The summed E-state index contributed by atoms with van der Waals surface area (Å²) in [6, 6.07) is 4.02. The molecule has 0 radical (unpaired) electrons. The van der Waals surface area contributed by atoms with Gasteiger partial charge < -0.3 is 15.7 Å². The van der Waals surface area contributed by atoms with Crippen LogP contribution in [-0.4, -0.2) is 23.7 Å². The van der Waals surface area contributed by atoms with E-state index >= 15 is 0 Å². The molecule has 0 aromatic heterocycles. The van der Waals surface area contributed by atoms with E-state index in [-0.39, 0.29) is 5.82 Å². The Balaban J connectivity index is 2.30. The zero-order chi connectivity index (χ0) is 15.1. The van der Waals surface area contributed by atoms with E-state index in [1.807, 2.05) is 0 Å². The van der Waals surface area contributed by atoms with Crippen LogP contribution in [0.25, 0.3) is 0 Å². The fourth-order valence-corrected chi connectivity index (χ4v) is 1.58. The van der Waals surface area contributed by atoms with Crippen LogP contribution in [0.15, 0.2) is 18.2 Å². The lowest BCUT2D eigenvalue weighted by atomic mass is 10.1. The minimum Gasteiger partial charge on any atom is -0.481 e. The lowest BCUT2D eigenvalue weighted by Gasteiger charge is -2.09. The van der Waals surface area contributed by atoms with Crippen molar-refractivity contribution in [2.24, 2.45) is 5.92 Å². The van der Waals surface area contributed by atoms with Crippen LogP contribution in [0.3, 0.4) is 0 Å². The van der Waals surface area contributed by atoms with Gasteiger partial charge in [0.05, 0.1) is 5.92 Å². The Kier molecular flexibility index (Phi) is 5.96. The normalized spacial score (nSPS) is 11.8. The Hall–Kier alpha value is -2.11. The minimum atomic E-state index is -0.843. The second kappa shape index (κ2) is 7.47. The van der Waals surface area contributed by atoms with Crippen molar-refractivity contribution in [3.8, 4) is 0 Å².